The second-order valence-corrected chi connectivity index (χ2v) is 4.20. The molecule has 5 heteroatoms. The summed E-state index contributed by atoms with van der Waals surface area (Å²) in [5.41, 5.74) is 5.64. The summed E-state index contributed by atoms with van der Waals surface area (Å²) >= 11 is 4.99. The molecular weight excluding hydrogens is 212 g/mol. The first kappa shape index (κ1) is 12.4. The van der Waals surface area contributed by atoms with Crippen molar-refractivity contribution in [3.8, 4) is 0 Å². The van der Waals surface area contributed by atoms with E-state index in [1.54, 1.807) is 6.92 Å². The summed E-state index contributed by atoms with van der Waals surface area (Å²) in [6.07, 6.45) is 1.98. The van der Waals surface area contributed by atoms with Crippen molar-refractivity contribution in [1.29, 1.82) is 0 Å². The van der Waals surface area contributed by atoms with Gasteiger partial charge in [-0.3, -0.25) is 9.69 Å². The second-order valence-electron chi connectivity index (χ2n) is 3.73. The van der Waals surface area contributed by atoms with Crippen LogP contribution in [0, 0.1) is 0 Å². The molecule has 1 saturated heterocycles. The lowest BCUT2D eigenvalue weighted by Gasteiger charge is -2.28. The quantitative estimate of drug-likeness (QED) is 0.569. The monoisotopic (exact) mass is 230 g/mol. The van der Waals surface area contributed by atoms with Crippen LogP contribution in [0.4, 0.5) is 0 Å². The zero-order chi connectivity index (χ0) is 11.4. The van der Waals surface area contributed by atoms with Crippen molar-refractivity contribution in [2.45, 2.75) is 38.8 Å². The SMILES string of the molecule is CCOC(=O)C(C)N1CCCC1C(N)=S. The van der Waals surface area contributed by atoms with Gasteiger partial charge in [-0.2, -0.15) is 0 Å². The number of nitrogens with two attached hydrogens (primary N) is 1. The maximum atomic E-state index is 11.6. The number of esters is 1. The Morgan fingerprint density at radius 1 is 1.73 bits per heavy atom. The van der Waals surface area contributed by atoms with Gasteiger partial charge in [0.2, 0.25) is 0 Å². The van der Waals surface area contributed by atoms with E-state index in [1.807, 2.05) is 11.8 Å². The fraction of sp³-hybridized carbons (Fsp3) is 0.800. The van der Waals surface area contributed by atoms with Crippen molar-refractivity contribution in [2.24, 2.45) is 5.73 Å². The molecule has 4 nitrogen and oxygen atoms in total. The topological polar surface area (TPSA) is 55.6 Å². The molecule has 1 aliphatic heterocycles. The highest BCUT2D eigenvalue weighted by Gasteiger charge is 2.34. The van der Waals surface area contributed by atoms with Crippen molar-refractivity contribution in [2.75, 3.05) is 13.2 Å². The number of carbonyl (C=O) groups excluding carboxylic acids is 1. The van der Waals surface area contributed by atoms with Gasteiger partial charge in [-0.15, -0.1) is 0 Å². The number of hydrogen-bond acceptors (Lipinski definition) is 4. The largest absolute Gasteiger partial charge is 0.465 e. The molecule has 0 spiro atoms. The van der Waals surface area contributed by atoms with Crippen LogP contribution in [0.2, 0.25) is 0 Å². The normalized spacial score (nSPS) is 23.7. The average Bonchev–Trinajstić information content (AvgIpc) is 2.65. The summed E-state index contributed by atoms with van der Waals surface area (Å²) in [6, 6.07) is -0.196. The third-order valence-corrected chi connectivity index (χ3v) is 3.02. The lowest BCUT2D eigenvalue weighted by molar-refractivity contribution is -0.148. The van der Waals surface area contributed by atoms with Gasteiger partial charge in [0.05, 0.1) is 17.6 Å². The third kappa shape index (κ3) is 2.89. The van der Waals surface area contributed by atoms with Gasteiger partial charge in [0.15, 0.2) is 0 Å². The first-order valence-electron chi connectivity index (χ1n) is 5.29. The minimum atomic E-state index is -0.251. The van der Waals surface area contributed by atoms with E-state index >= 15 is 0 Å². The molecule has 0 saturated carbocycles. The van der Waals surface area contributed by atoms with Crippen LogP contribution < -0.4 is 5.73 Å². The van der Waals surface area contributed by atoms with Crippen LogP contribution in [0.1, 0.15) is 26.7 Å². The Kier molecular flexibility index (Phi) is 4.47. The van der Waals surface area contributed by atoms with E-state index in [-0.39, 0.29) is 18.1 Å². The highest BCUT2D eigenvalue weighted by atomic mass is 32.1. The molecule has 1 rings (SSSR count). The Hall–Kier alpha value is -0.680. The van der Waals surface area contributed by atoms with Crippen LogP contribution in [-0.2, 0) is 9.53 Å². The van der Waals surface area contributed by atoms with Crippen LogP contribution in [0.15, 0.2) is 0 Å². The number of carbonyl (C=O) groups is 1. The summed E-state index contributed by atoms with van der Waals surface area (Å²) < 4.78 is 4.98. The molecule has 0 aliphatic carbocycles. The number of hydrogen-bond donors (Lipinski definition) is 1. The molecule has 86 valence electrons. The molecule has 1 fully saturated rings. The Morgan fingerprint density at radius 3 is 2.93 bits per heavy atom. The van der Waals surface area contributed by atoms with Gasteiger partial charge in [-0.05, 0) is 33.2 Å². The molecule has 0 radical (unpaired) electrons. The molecule has 2 unspecified atom stereocenters. The zero-order valence-corrected chi connectivity index (χ0v) is 10.0. The molecular formula is C10H18N2O2S. The Labute approximate surface area is 95.8 Å². The van der Waals surface area contributed by atoms with Crippen molar-refractivity contribution < 1.29 is 9.53 Å². The van der Waals surface area contributed by atoms with E-state index in [0.717, 1.165) is 19.4 Å². The number of thiocarbonyl (C=S) groups is 1. The van der Waals surface area contributed by atoms with E-state index in [0.29, 0.717) is 11.6 Å². The maximum Gasteiger partial charge on any atom is 0.323 e. The lowest BCUT2D eigenvalue weighted by Crippen LogP contribution is -2.47. The fourth-order valence-corrected chi connectivity index (χ4v) is 2.21. The van der Waals surface area contributed by atoms with Gasteiger partial charge in [0, 0.05) is 0 Å². The standard InChI is InChI=1S/C10H18N2O2S/c1-3-14-10(13)7(2)12-6-4-5-8(12)9(11)15/h7-8H,3-6H2,1-2H3,(H2,11,15). The van der Waals surface area contributed by atoms with Crippen LogP contribution in [-0.4, -0.2) is 41.1 Å². The van der Waals surface area contributed by atoms with Crippen molar-refractivity contribution in [3.05, 3.63) is 0 Å². The molecule has 15 heavy (non-hydrogen) atoms. The van der Waals surface area contributed by atoms with Crippen molar-refractivity contribution in [1.82, 2.24) is 4.90 Å². The summed E-state index contributed by atoms with van der Waals surface area (Å²) in [4.78, 5) is 14.1. The zero-order valence-electron chi connectivity index (χ0n) is 9.23. The van der Waals surface area contributed by atoms with Crippen LogP contribution in [0.3, 0.4) is 0 Å². The number of nitrogens with zero attached hydrogens (tertiary/aromatic N) is 1. The number of rotatable bonds is 4. The smallest absolute Gasteiger partial charge is 0.323 e. The van der Waals surface area contributed by atoms with Gasteiger partial charge >= 0.3 is 5.97 Å². The van der Waals surface area contributed by atoms with E-state index in [9.17, 15) is 4.79 Å². The second kappa shape index (κ2) is 5.42. The lowest BCUT2D eigenvalue weighted by atomic mass is 10.2. The van der Waals surface area contributed by atoms with E-state index in [2.05, 4.69) is 0 Å². The third-order valence-electron chi connectivity index (χ3n) is 2.75. The summed E-state index contributed by atoms with van der Waals surface area (Å²) in [6.45, 7) is 4.92. The van der Waals surface area contributed by atoms with Gasteiger partial charge in [-0.25, -0.2) is 0 Å². The van der Waals surface area contributed by atoms with Crippen LogP contribution in [0.25, 0.3) is 0 Å². The molecule has 0 amide bonds. The molecule has 1 aliphatic rings. The van der Waals surface area contributed by atoms with E-state index in [4.69, 9.17) is 22.7 Å². The minimum absolute atomic E-state index is 0.0550. The molecule has 1 heterocycles. The van der Waals surface area contributed by atoms with Crippen molar-refractivity contribution in [3.63, 3.8) is 0 Å². The molecule has 2 N–H and O–H groups in total. The van der Waals surface area contributed by atoms with E-state index in [1.165, 1.54) is 0 Å². The van der Waals surface area contributed by atoms with Crippen LogP contribution >= 0.6 is 12.2 Å². The Bertz CT molecular complexity index is 258. The van der Waals surface area contributed by atoms with Gasteiger partial charge in [-0.1, -0.05) is 12.2 Å². The molecule has 2 atom stereocenters. The first-order chi connectivity index (χ1) is 7.07. The predicted molar refractivity (Wildman–Crippen MR) is 62.6 cm³/mol. The highest BCUT2D eigenvalue weighted by Crippen LogP contribution is 2.20. The molecule has 0 bridgehead atoms. The molecule has 0 aromatic heterocycles. The number of ether oxygens (including phenoxy) is 1. The molecule has 0 aromatic rings. The minimum Gasteiger partial charge on any atom is -0.465 e. The Balaban J connectivity index is 2.61. The summed E-state index contributed by atoms with van der Waals surface area (Å²) in [5, 5.41) is 0. The van der Waals surface area contributed by atoms with E-state index < -0.39 is 0 Å². The Morgan fingerprint density at radius 2 is 2.40 bits per heavy atom. The fourth-order valence-electron chi connectivity index (χ4n) is 1.96. The summed E-state index contributed by atoms with van der Waals surface area (Å²) in [7, 11) is 0. The first-order valence-corrected chi connectivity index (χ1v) is 5.70. The van der Waals surface area contributed by atoms with Gasteiger partial charge in [0.1, 0.15) is 6.04 Å². The highest BCUT2D eigenvalue weighted by molar-refractivity contribution is 7.80. The van der Waals surface area contributed by atoms with Gasteiger partial charge in [0.25, 0.3) is 0 Å². The maximum absolute atomic E-state index is 11.6. The molecule has 0 aromatic carbocycles. The van der Waals surface area contributed by atoms with Crippen LogP contribution in [0.5, 0.6) is 0 Å². The van der Waals surface area contributed by atoms with Crippen molar-refractivity contribution >= 4 is 23.2 Å². The predicted octanol–water partition coefficient (Wildman–Crippen LogP) is 0.689. The number of likely N-dealkylation sites (tertiary alicyclic amines) is 1. The summed E-state index contributed by atoms with van der Waals surface area (Å²) in [5.74, 6) is -0.194. The average molecular weight is 230 g/mol. The van der Waals surface area contributed by atoms with Gasteiger partial charge < -0.3 is 10.5 Å².